The zero-order valence-corrected chi connectivity index (χ0v) is 9.77. The van der Waals surface area contributed by atoms with E-state index in [0.717, 1.165) is 25.2 Å². The molecule has 0 fully saturated rings. The van der Waals surface area contributed by atoms with Gasteiger partial charge < -0.3 is 4.74 Å². The molecule has 2 heteroatoms. The minimum Gasteiger partial charge on any atom is -0.493 e. The lowest BCUT2D eigenvalue weighted by atomic mass is 10.2. The maximum absolute atomic E-state index is 5.71. The van der Waals surface area contributed by atoms with Crippen LogP contribution >= 0.6 is 11.3 Å². The third-order valence-electron chi connectivity index (χ3n) is 1.89. The van der Waals surface area contributed by atoms with Crippen molar-refractivity contribution < 1.29 is 4.74 Å². The van der Waals surface area contributed by atoms with Crippen molar-refractivity contribution in [2.45, 2.75) is 33.1 Å². The summed E-state index contributed by atoms with van der Waals surface area (Å²) in [6.45, 7) is 5.12. The van der Waals surface area contributed by atoms with Gasteiger partial charge in [-0.2, -0.15) is 11.3 Å². The first-order chi connectivity index (χ1) is 6.88. The van der Waals surface area contributed by atoms with E-state index in [0.29, 0.717) is 0 Å². The molecular formula is C12H18OS. The molecule has 0 radical (unpaired) electrons. The van der Waals surface area contributed by atoms with Gasteiger partial charge in [-0.3, -0.25) is 0 Å². The van der Waals surface area contributed by atoms with Crippen molar-refractivity contribution in [1.29, 1.82) is 0 Å². The molecule has 78 valence electrons. The molecule has 0 unspecified atom stereocenters. The molecule has 0 bridgehead atoms. The topological polar surface area (TPSA) is 9.23 Å². The second-order valence-corrected chi connectivity index (χ2v) is 4.00. The quantitative estimate of drug-likeness (QED) is 0.635. The molecule has 1 aromatic rings. The van der Waals surface area contributed by atoms with E-state index in [2.05, 4.69) is 36.7 Å². The van der Waals surface area contributed by atoms with Gasteiger partial charge in [0.15, 0.2) is 0 Å². The van der Waals surface area contributed by atoms with Crippen LogP contribution in [0.25, 0.3) is 5.76 Å². The van der Waals surface area contributed by atoms with E-state index < -0.39 is 0 Å². The summed E-state index contributed by atoms with van der Waals surface area (Å²) in [6.07, 6.45) is 5.52. The number of thiophene rings is 1. The Morgan fingerprint density at radius 3 is 2.86 bits per heavy atom. The van der Waals surface area contributed by atoms with Crippen LogP contribution in [0.15, 0.2) is 22.9 Å². The summed E-state index contributed by atoms with van der Waals surface area (Å²) in [6, 6.07) is 2.11. The summed E-state index contributed by atoms with van der Waals surface area (Å²) in [5.74, 6) is 1.05. The Morgan fingerprint density at radius 1 is 1.43 bits per heavy atom. The van der Waals surface area contributed by atoms with E-state index >= 15 is 0 Å². The van der Waals surface area contributed by atoms with E-state index in [9.17, 15) is 0 Å². The minimum absolute atomic E-state index is 0.811. The number of hydrogen-bond donors (Lipinski definition) is 0. The molecule has 0 aliphatic carbocycles. The van der Waals surface area contributed by atoms with Crippen molar-refractivity contribution in [3.05, 3.63) is 28.5 Å². The first-order valence-corrected chi connectivity index (χ1v) is 6.18. The molecule has 14 heavy (non-hydrogen) atoms. The van der Waals surface area contributed by atoms with Crippen molar-refractivity contribution in [2.75, 3.05) is 6.61 Å². The Balaban J connectivity index is 2.62. The van der Waals surface area contributed by atoms with Crippen molar-refractivity contribution in [2.24, 2.45) is 0 Å². The minimum atomic E-state index is 0.811. The first kappa shape index (κ1) is 11.3. The van der Waals surface area contributed by atoms with Crippen LogP contribution in [-0.4, -0.2) is 6.61 Å². The maximum Gasteiger partial charge on any atom is 0.123 e. The Kier molecular flexibility index (Phi) is 5.38. The van der Waals surface area contributed by atoms with Crippen LogP contribution in [0.5, 0.6) is 0 Å². The van der Waals surface area contributed by atoms with Crippen LogP contribution in [0.3, 0.4) is 0 Å². The zero-order valence-electron chi connectivity index (χ0n) is 8.95. The Bertz CT molecular complexity index is 262. The molecule has 0 aliphatic rings. The van der Waals surface area contributed by atoms with Crippen LogP contribution in [-0.2, 0) is 4.74 Å². The smallest absolute Gasteiger partial charge is 0.123 e. The van der Waals surface area contributed by atoms with Crippen molar-refractivity contribution >= 4 is 17.1 Å². The number of ether oxygens (including phenoxy) is 1. The van der Waals surface area contributed by atoms with E-state index in [1.54, 1.807) is 11.3 Å². The third-order valence-corrected chi connectivity index (χ3v) is 2.57. The summed E-state index contributed by atoms with van der Waals surface area (Å²) in [5.41, 5.74) is 1.22. The van der Waals surface area contributed by atoms with Crippen molar-refractivity contribution in [3.8, 4) is 0 Å². The average molecular weight is 210 g/mol. The molecule has 0 spiro atoms. The van der Waals surface area contributed by atoms with Gasteiger partial charge in [0.2, 0.25) is 0 Å². The fraction of sp³-hybridized carbons (Fsp3) is 0.500. The number of unbranched alkanes of at least 4 members (excludes halogenated alkanes) is 1. The zero-order chi connectivity index (χ0) is 10.2. The summed E-state index contributed by atoms with van der Waals surface area (Å²) in [5, 5.41) is 4.22. The molecule has 0 aromatic carbocycles. The van der Waals surface area contributed by atoms with E-state index in [-0.39, 0.29) is 0 Å². The highest BCUT2D eigenvalue weighted by Gasteiger charge is 2.01. The summed E-state index contributed by atoms with van der Waals surface area (Å²) >= 11 is 1.71. The molecule has 0 saturated carbocycles. The molecule has 0 saturated heterocycles. The Hall–Kier alpha value is -0.760. The van der Waals surface area contributed by atoms with Crippen molar-refractivity contribution in [1.82, 2.24) is 0 Å². The van der Waals surface area contributed by atoms with Crippen LogP contribution in [0, 0.1) is 0 Å². The summed E-state index contributed by atoms with van der Waals surface area (Å²) in [4.78, 5) is 0. The molecule has 0 atom stereocenters. The number of allylic oxidation sites excluding steroid dienone is 1. The normalized spacial score (nSPS) is 11.7. The lowest BCUT2D eigenvalue weighted by molar-refractivity contribution is 0.276. The molecule has 1 rings (SSSR count). The molecule has 0 N–H and O–H groups in total. The highest BCUT2D eigenvalue weighted by atomic mass is 32.1. The Morgan fingerprint density at radius 2 is 2.29 bits per heavy atom. The highest BCUT2D eigenvalue weighted by Crippen LogP contribution is 2.20. The van der Waals surface area contributed by atoms with Gasteiger partial charge in [-0.15, -0.1) is 0 Å². The largest absolute Gasteiger partial charge is 0.493 e. The fourth-order valence-electron chi connectivity index (χ4n) is 1.15. The second-order valence-electron chi connectivity index (χ2n) is 3.22. The lowest BCUT2D eigenvalue weighted by Crippen LogP contribution is -1.92. The van der Waals surface area contributed by atoms with Gasteiger partial charge in [0, 0.05) is 10.9 Å². The van der Waals surface area contributed by atoms with Crippen molar-refractivity contribution in [3.63, 3.8) is 0 Å². The summed E-state index contributed by atoms with van der Waals surface area (Å²) in [7, 11) is 0. The van der Waals surface area contributed by atoms with E-state index in [1.165, 1.54) is 12.0 Å². The molecule has 0 aliphatic heterocycles. The Labute approximate surface area is 90.4 Å². The highest BCUT2D eigenvalue weighted by molar-refractivity contribution is 7.08. The molecule has 0 amide bonds. The molecule has 1 nitrogen and oxygen atoms in total. The fourth-order valence-corrected chi connectivity index (χ4v) is 1.80. The first-order valence-electron chi connectivity index (χ1n) is 5.24. The van der Waals surface area contributed by atoms with Crippen LogP contribution in [0.1, 0.15) is 38.7 Å². The molecule has 1 heterocycles. The van der Waals surface area contributed by atoms with Gasteiger partial charge in [-0.25, -0.2) is 0 Å². The van der Waals surface area contributed by atoms with Gasteiger partial charge >= 0.3 is 0 Å². The van der Waals surface area contributed by atoms with Crippen LogP contribution in [0.4, 0.5) is 0 Å². The van der Waals surface area contributed by atoms with E-state index in [4.69, 9.17) is 4.74 Å². The monoisotopic (exact) mass is 210 g/mol. The lowest BCUT2D eigenvalue weighted by Gasteiger charge is -2.07. The standard InChI is InChI=1S/C12H18OS/c1-3-5-6-12(13-8-4-2)11-7-9-14-10-11/h6-7,9-10H,3-5,8H2,1-2H3/b12-6+. The second kappa shape index (κ2) is 6.66. The molecule has 1 aromatic heterocycles. The van der Waals surface area contributed by atoms with Gasteiger partial charge in [-0.05, 0) is 30.4 Å². The average Bonchev–Trinajstić information content (AvgIpc) is 2.71. The number of rotatable bonds is 6. The third kappa shape index (κ3) is 3.54. The van der Waals surface area contributed by atoms with Gasteiger partial charge in [-0.1, -0.05) is 20.3 Å². The van der Waals surface area contributed by atoms with Gasteiger partial charge in [0.05, 0.1) is 6.61 Å². The van der Waals surface area contributed by atoms with Crippen LogP contribution in [0.2, 0.25) is 0 Å². The predicted molar refractivity (Wildman–Crippen MR) is 63.4 cm³/mol. The summed E-state index contributed by atoms with van der Waals surface area (Å²) < 4.78 is 5.71. The van der Waals surface area contributed by atoms with Gasteiger partial charge in [0.1, 0.15) is 5.76 Å². The SMILES string of the molecule is CCC/C=C(/OCCC)c1ccsc1. The van der Waals surface area contributed by atoms with Gasteiger partial charge in [0.25, 0.3) is 0 Å². The number of hydrogen-bond acceptors (Lipinski definition) is 2. The maximum atomic E-state index is 5.71. The molecular weight excluding hydrogens is 192 g/mol. The predicted octanol–water partition coefficient (Wildman–Crippen LogP) is 4.32. The van der Waals surface area contributed by atoms with E-state index in [1.807, 2.05) is 0 Å². The van der Waals surface area contributed by atoms with Crippen LogP contribution < -0.4 is 0 Å².